The number of hydrogen-bond donors (Lipinski definition) is 1. The van der Waals surface area contributed by atoms with Gasteiger partial charge in [-0.15, -0.1) is 11.3 Å². The number of hydrogen-bond acceptors (Lipinski definition) is 5. The lowest BCUT2D eigenvalue weighted by atomic mass is 10.1. The van der Waals surface area contributed by atoms with E-state index in [-0.39, 0.29) is 11.3 Å². The fourth-order valence-corrected chi connectivity index (χ4v) is 3.51. The topological polar surface area (TPSA) is 76.3 Å². The van der Waals surface area contributed by atoms with Gasteiger partial charge >= 0.3 is 0 Å². The SMILES string of the molecule is CCCn1nc(C(=O)N/N=C(/C)c2ccc(Cl)s2)c2ccccc2c1=O. The van der Waals surface area contributed by atoms with Crippen molar-refractivity contribution in [1.82, 2.24) is 15.2 Å². The molecular weight excluding hydrogens is 372 g/mol. The van der Waals surface area contributed by atoms with E-state index in [1.54, 1.807) is 37.3 Å². The molecule has 3 rings (SSSR count). The van der Waals surface area contributed by atoms with E-state index in [4.69, 9.17) is 11.6 Å². The number of hydrazone groups is 1. The van der Waals surface area contributed by atoms with Gasteiger partial charge in [0.1, 0.15) is 0 Å². The number of carbonyl (C=O) groups is 1. The smallest absolute Gasteiger partial charge is 0.267 e. The highest BCUT2D eigenvalue weighted by Crippen LogP contribution is 2.22. The number of aryl methyl sites for hydroxylation is 1. The van der Waals surface area contributed by atoms with Gasteiger partial charge in [0.25, 0.3) is 11.5 Å². The lowest BCUT2D eigenvalue weighted by molar-refractivity contribution is 0.0949. The van der Waals surface area contributed by atoms with Crippen LogP contribution in [-0.4, -0.2) is 21.4 Å². The fraction of sp³-hybridized carbons (Fsp3) is 0.222. The van der Waals surface area contributed by atoms with Gasteiger partial charge in [-0.1, -0.05) is 36.7 Å². The maximum absolute atomic E-state index is 12.6. The molecule has 0 aliphatic carbocycles. The lowest BCUT2D eigenvalue weighted by Crippen LogP contribution is -2.29. The van der Waals surface area contributed by atoms with Crippen molar-refractivity contribution in [2.45, 2.75) is 26.8 Å². The first-order valence-electron chi connectivity index (χ1n) is 8.11. The molecule has 3 aromatic rings. The number of fused-ring (bicyclic) bond motifs is 1. The molecule has 6 nitrogen and oxygen atoms in total. The molecule has 0 saturated heterocycles. The molecule has 0 saturated carbocycles. The summed E-state index contributed by atoms with van der Waals surface area (Å²) in [5, 5.41) is 9.35. The summed E-state index contributed by atoms with van der Waals surface area (Å²) < 4.78 is 1.98. The Morgan fingerprint density at radius 3 is 2.65 bits per heavy atom. The molecule has 0 unspecified atom stereocenters. The molecule has 0 aliphatic heterocycles. The zero-order valence-electron chi connectivity index (χ0n) is 14.3. The number of aromatic nitrogens is 2. The minimum atomic E-state index is -0.465. The zero-order chi connectivity index (χ0) is 18.7. The summed E-state index contributed by atoms with van der Waals surface area (Å²) in [7, 11) is 0. The fourth-order valence-electron chi connectivity index (χ4n) is 2.52. The Bertz CT molecular complexity index is 1050. The van der Waals surface area contributed by atoms with Gasteiger partial charge in [0.05, 0.1) is 20.3 Å². The van der Waals surface area contributed by atoms with Crippen LogP contribution in [0.1, 0.15) is 35.6 Å². The van der Waals surface area contributed by atoms with E-state index in [9.17, 15) is 9.59 Å². The maximum atomic E-state index is 12.6. The monoisotopic (exact) mass is 388 g/mol. The van der Waals surface area contributed by atoms with Gasteiger partial charge in [0.15, 0.2) is 5.69 Å². The van der Waals surface area contributed by atoms with E-state index in [2.05, 4.69) is 15.6 Å². The largest absolute Gasteiger partial charge is 0.292 e. The molecule has 2 heterocycles. The van der Waals surface area contributed by atoms with Crippen LogP contribution in [0.25, 0.3) is 10.8 Å². The average molecular weight is 389 g/mol. The van der Waals surface area contributed by atoms with Crippen LogP contribution in [0.5, 0.6) is 0 Å². The third-order valence-electron chi connectivity index (χ3n) is 3.77. The van der Waals surface area contributed by atoms with Crippen LogP contribution in [0.2, 0.25) is 4.34 Å². The van der Waals surface area contributed by atoms with E-state index >= 15 is 0 Å². The Hall–Kier alpha value is -2.51. The summed E-state index contributed by atoms with van der Waals surface area (Å²) in [6, 6.07) is 10.6. The van der Waals surface area contributed by atoms with Gasteiger partial charge in [-0.3, -0.25) is 9.59 Å². The molecule has 1 N–H and O–H groups in total. The van der Waals surface area contributed by atoms with Crippen LogP contribution < -0.4 is 11.0 Å². The van der Waals surface area contributed by atoms with Crippen LogP contribution in [0.3, 0.4) is 0 Å². The maximum Gasteiger partial charge on any atom is 0.292 e. The number of rotatable bonds is 5. The summed E-state index contributed by atoms with van der Waals surface area (Å²) >= 11 is 7.30. The van der Waals surface area contributed by atoms with Gasteiger partial charge < -0.3 is 0 Å². The molecule has 0 atom stereocenters. The summed E-state index contributed by atoms with van der Waals surface area (Å²) in [6.45, 7) is 4.18. The Kier molecular flexibility index (Phi) is 5.49. The number of carbonyl (C=O) groups excluding carboxylic acids is 1. The molecule has 0 bridgehead atoms. The molecular formula is C18H17ClN4O2S. The Labute approximate surface area is 159 Å². The van der Waals surface area contributed by atoms with Crippen LogP contribution in [0.4, 0.5) is 0 Å². The molecule has 0 radical (unpaired) electrons. The highest BCUT2D eigenvalue weighted by molar-refractivity contribution is 7.18. The molecule has 2 aromatic heterocycles. The summed E-state index contributed by atoms with van der Waals surface area (Å²) in [4.78, 5) is 26.0. The normalized spacial score (nSPS) is 11.7. The van der Waals surface area contributed by atoms with Crippen molar-refractivity contribution in [2.75, 3.05) is 0 Å². The van der Waals surface area contributed by atoms with Crippen molar-refractivity contribution in [3.63, 3.8) is 0 Å². The molecule has 1 aromatic carbocycles. The van der Waals surface area contributed by atoms with Crippen LogP contribution in [0, 0.1) is 0 Å². The van der Waals surface area contributed by atoms with Crippen molar-refractivity contribution in [3.8, 4) is 0 Å². The number of amides is 1. The summed E-state index contributed by atoms with van der Waals surface area (Å²) in [5.74, 6) is -0.465. The van der Waals surface area contributed by atoms with Gasteiger partial charge in [0, 0.05) is 11.9 Å². The molecule has 0 fully saturated rings. The quantitative estimate of drug-likeness (QED) is 0.535. The Morgan fingerprint density at radius 1 is 1.27 bits per heavy atom. The summed E-state index contributed by atoms with van der Waals surface area (Å²) in [5.41, 5.74) is 3.14. The summed E-state index contributed by atoms with van der Waals surface area (Å²) in [6.07, 6.45) is 0.739. The zero-order valence-corrected chi connectivity index (χ0v) is 15.9. The van der Waals surface area contributed by atoms with Gasteiger partial charge in [-0.2, -0.15) is 10.2 Å². The van der Waals surface area contributed by atoms with E-state index < -0.39 is 5.91 Å². The molecule has 26 heavy (non-hydrogen) atoms. The first-order chi connectivity index (χ1) is 12.5. The van der Waals surface area contributed by atoms with Crippen LogP contribution in [-0.2, 0) is 6.54 Å². The Balaban J connectivity index is 1.97. The number of nitrogens with zero attached hydrogens (tertiary/aromatic N) is 3. The van der Waals surface area contributed by atoms with Crippen LogP contribution in [0.15, 0.2) is 46.3 Å². The average Bonchev–Trinajstić information content (AvgIpc) is 3.08. The van der Waals surface area contributed by atoms with Crippen molar-refractivity contribution in [2.24, 2.45) is 5.10 Å². The Morgan fingerprint density at radius 2 is 2.00 bits per heavy atom. The number of thiophene rings is 1. The van der Waals surface area contributed by atoms with Crippen LogP contribution >= 0.6 is 22.9 Å². The van der Waals surface area contributed by atoms with E-state index in [0.717, 1.165) is 11.3 Å². The van der Waals surface area contributed by atoms with Crippen molar-refractivity contribution in [3.05, 3.63) is 61.7 Å². The number of benzene rings is 1. The second-order valence-electron chi connectivity index (χ2n) is 5.66. The predicted octanol–water partition coefficient (Wildman–Crippen LogP) is 3.68. The third kappa shape index (κ3) is 3.68. The van der Waals surface area contributed by atoms with Crippen molar-refractivity contribution >= 4 is 45.3 Å². The van der Waals surface area contributed by atoms with Gasteiger partial charge in [0.2, 0.25) is 0 Å². The van der Waals surface area contributed by atoms with Crippen molar-refractivity contribution < 1.29 is 4.79 Å². The minimum Gasteiger partial charge on any atom is -0.267 e. The second kappa shape index (κ2) is 7.80. The highest BCUT2D eigenvalue weighted by atomic mass is 35.5. The third-order valence-corrected chi connectivity index (χ3v) is 5.11. The lowest BCUT2D eigenvalue weighted by Gasteiger charge is -2.09. The minimum absolute atomic E-state index is 0.175. The highest BCUT2D eigenvalue weighted by Gasteiger charge is 2.16. The molecule has 134 valence electrons. The standard InChI is InChI=1S/C18H17ClN4O2S/c1-3-10-23-18(25)13-7-5-4-6-12(13)16(22-23)17(24)21-20-11(2)14-8-9-15(19)26-14/h4-9H,3,10H2,1-2H3,(H,21,24)/b20-11-. The van der Waals surface area contributed by atoms with E-state index in [1.165, 1.54) is 16.0 Å². The van der Waals surface area contributed by atoms with Gasteiger partial charge in [-0.25, -0.2) is 10.1 Å². The first-order valence-corrected chi connectivity index (χ1v) is 9.31. The first kappa shape index (κ1) is 18.3. The number of nitrogens with one attached hydrogen (secondary N) is 1. The molecule has 8 heteroatoms. The number of halogens is 1. The molecule has 1 amide bonds. The molecule has 0 spiro atoms. The van der Waals surface area contributed by atoms with Gasteiger partial charge in [-0.05, 0) is 31.5 Å². The predicted molar refractivity (Wildman–Crippen MR) is 105 cm³/mol. The van der Waals surface area contributed by atoms with Crippen molar-refractivity contribution in [1.29, 1.82) is 0 Å². The van der Waals surface area contributed by atoms with E-state index in [0.29, 0.717) is 27.4 Å². The molecule has 0 aliphatic rings. The second-order valence-corrected chi connectivity index (χ2v) is 7.38. The van der Waals surface area contributed by atoms with E-state index in [1.807, 2.05) is 13.0 Å².